The number of carbonyl (C=O) groups is 1. The summed E-state index contributed by atoms with van der Waals surface area (Å²) >= 11 is 5.92. The maximum Gasteiger partial charge on any atom is 0.295 e. The summed E-state index contributed by atoms with van der Waals surface area (Å²) in [5.74, 6) is 4.80. The highest BCUT2D eigenvalue weighted by molar-refractivity contribution is 6.34. The van der Waals surface area contributed by atoms with Crippen molar-refractivity contribution in [3.8, 4) is 0 Å². The molecule has 0 aliphatic carbocycles. The first kappa shape index (κ1) is 15.5. The molecule has 1 fully saturated rings. The largest absolute Gasteiger partial charge is 0.381 e. The number of rotatable bonds is 4. The van der Waals surface area contributed by atoms with E-state index in [-0.39, 0.29) is 28.0 Å². The second-order valence-electron chi connectivity index (χ2n) is 4.61. The molecule has 1 aliphatic heterocycles. The standard InChI is InChI=1S/C12H15ClN4O4/c13-9-5-7(6-10(17(19)20)11(9)16-14)12(18)15-8-1-3-21-4-2-8/h5-6,8,16H,1-4,14H2,(H,15,18). The summed E-state index contributed by atoms with van der Waals surface area (Å²) in [6.45, 7) is 1.17. The van der Waals surface area contributed by atoms with Crippen molar-refractivity contribution >= 4 is 28.9 Å². The van der Waals surface area contributed by atoms with Crippen LogP contribution in [-0.4, -0.2) is 30.1 Å². The second-order valence-corrected chi connectivity index (χ2v) is 5.02. The highest BCUT2D eigenvalue weighted by Gasteiger charge is 2.23. The molecule has 0 unspecified atom stereocenters. The monoisotopic (exact) mass is 314 g/mol. The molecule has 9 heteroatoms. The van der Waals surface area contributed by atoms with Gasteiger partial charge in [-0.15, -0.1) is 0 Å². The van der Waals surface area contributed by atoms with Crippen molar-refractivity contribution in [2.45, 2.75) is 18.9 Å². The van der Waals surface area contributed by atoms with Gasteiger partial charge in [-0.25, -0.2) is 0 Å². The molecule has 8 nitrogen and oxygen atoms in total. The number of nitrogens with two attached hydrogens (primary N) is 1. The van der Waals surface area contributed by atoms with Crippen molar-refractivity contribution in [1.82, 2.24) is 5.32 Å². The molecule has 1 heterocycles. The van der Waals surface area contributed by atoms with Crippen molar-refractivity contribution in [3.63, 3.8) is 0 Å². The van der Waals surface area contributed by atoms with Gasteiger partial charge in [0.2, 0.25) is 0 Å². The topological polar surface area (TPSA) is 120 Å². The van der Waals surface area contributed by atoms with Gasteiger partial charge in [-0.05, 0) is 18.9 Å². The summed E-state index contributed by atoms with van der Waals surface area (Å²) in [6, 6.07) is 2.49. The minimum absolute atomic E-state index is 0.00334. The van der Waals surface area contributed by atoms with Gasteiger partial charge in [0.1, 0.15) is 5.69 Å². The lowest BCUT2D eigenvalue weighted by atomic mass is 10.1. The fraction of sp³-hybridized carbons (Fsp3) is 0.417. The van der Waals surface area contributed by atoms with Crippen LogP contribution in [0.15, 0.2) is 12.1 Å². The zero-order valence-corrected chi connectivity index (χ0v) is 11.9. The van der Waals surface area contributed by atoms with E-state index in [0.29, 0.717) is 26.1 Å². The number of nitrogens with zero attached hydrogens (tertiary/aromatic N) is 1. The number of nitro benzene ring substituents is 1. The molecule has 4 N–H and O–H groups in total. The van der Waals surface area contributed by atoms with E-state index in [1.54, 1.807) is 0 Å². The summed E-state index contributed by atoms with van der Waals surface area (Å²) in [5.41, 5.74) is 1.92. The minimum atomic E-state index is -0.647. The van der Waals surface area contributed by atoms with Crippen molar-refractivity contribution < 1.29 is 14.5 Å². The van der Waals surface area contributed by atoms with E-state index in [4.69, 9.17) is 22.2 Å². The third kappa shape index (κ3) is 3.60. The van der Waals surface area contributed by atoms with Crippen LogP contribution in [0.4, 0.5) is 11.4 Å². The third-order valence-corrected chi connectivity index (χ3v) is 3.53. The molecule has 0 atom stereocenters. The Balaban J connectivity index is 2.22. The first-order valence-electron chi connectivity index (χ1n) is 6.36. The maximum absolute atomic E-state index is 12.2. The number of halogens is 1. The van der Waals surface area contributed by atoms with E-state index in [1.807, 2.05) is 0 Å². The van der Waals surface area contributed by atoms with E-state index in [1.165, 1.54) is 6.07 Å². The quantitative estimate of drug-likeness (QED) is 0.439. The number of amides is 1. The van der Waals surface area contributed by atoms with Gasteiger partial charge < -0.3 is 15.5 Å². The van der Waals surface area contributed by atoms with Crippen LogP contribution in [-0.2, 0) is 4.74 Å². The number of carbonyl (C=O) groups excluding carboxylic acids is 1. The number of hydrogen-bond acceptors (Lipinski definition) is 6. The van der Waals surface area contributed by atoms with Crippen LogP contribution in [0.25, 0.3) is 0 Å². The normalized spacial score (nSPS) is 15.5. The van der Waals surface area contributed by atoms with E-state index < -0.39 is 10.8 Å². The van der Waals surface area contributed by atoms with E-state index >= 15 is 0 Å². The Bertz CT molecular complexity index is 560. The molecule has 1 aromatic carbocycles. The molecular weight excluding hydrogens is 300 g/mol. The number of ether oxygens (including phenoxy) is 1. The van der Waals surface area contributed by atoms with E-state index in [0.717, 1.165) is 6.07 Å². The molecule has 114 valence electrons. The first-order valence-corrected chi connectivity index (χ1v) is 6.74. The molecular formula is C12H15ClN4O4. The molecule has 2 rings (SSSR count). The Labute approximate surface area is 125 Å². The van der Waals surface area contributed by atoms with Gasteiger partial charge in [0.15, 0.2) is 0 Å². The van der Waals surface area contributed by atoms with Crippen LogP contribution in [0, 0.1) is 10.1 Å². The number of nitrogen functional groups attached to an aromatic ring is 1. The molecule has 0 saturated carbocycles. The summed E-state index contributed by atoms with van der Waals surface area (Å²) in [6.07, 6.45) is 1.42. The van der Waals surface area contributed by atoms with Crippen LogP contribution in [0.1, 0.15) is 23.2 Å². The van der Waals surface area contributed by atoms with Gasteiger partial charge in [0.25, 0.3) is 11.6 Å². The lowest BCUT2D eigenvalue weighted by Gasteiger charge is -2.23. The molecule has 1 aromatic rings. The van der Waals surface area contributed by atoms with E-state index in [9.17, 15) is 14.9 Å². The highest BCUT2D eigenvalue weighted by atomic mass is 35.5. The van der Waals surface area contributed by atoms with Crippen molar-refractivity contribution in [2.75, 3.05) is 18.6 Å². The van der Waals surface area contributed by atoms with Crippen LogP contribution in [0.2, 0.25) is 5.02 Å². The molecule has 0 spiro atoms. The average Bonchev–Trinajstić information content (AvgIpc) is 2.47. The molecule has 1 aliphatic rings. The molecule has 1 saturated heterocycles. The maximum atomic E-state index is 12.2. The SMILES string of the molecule is NNc1c(Cl)cc(C(=O)NC2CCOCC2)cc1[N+](=O)[O-]. The summed E-state index contributed by atoms with van der Waals surface area (Å²) < 4.78 is 5.20. The summed E-state index contributed by atoms with van der Waals surface area (Å²) in [7, 11) is 0. The Morgan fingerprint density at radius 1 is 1.43 bits per heavy atom. The molecule has 21 heavy (non-hydrogen) atoms. The van der Waals surface area contributed by atoms with Crippen molar-refractivity contribution in [3.05, 3.63) is 32.8 Å². The summed E-state index contributed by atoms with van der Waals surface area (Å²) in [4.78, 5) is 22.5. The zero-order valence-electron chi connectivity index (χ0n) is 11.1. The fourth-order valence-corrected chi connectivity index (χ4v) is 2.39. The van der Waals surface area contributed by atoms with Crippen LogP contribution in [0.3, 0.4) is 0 Å². The number of hydrogen-bond donors (Lipinski definition) is 3. The number of nitro groups is 1. The Kier molecular flexibility index (Phi) is 4.94. The number of benzene rings is 1. The number of nitrogens with one attached hydrogen (secondary N) is 2. The van der Waals surface area contributed by atoms with Gasteiger partial charge in [-0.1, -0.05) is 11.6 Å². The lowest BCUT2D eigenvalue weighted by molar-refractivity contribution is -0.384. The first-order chi connectivity index (χ1) is 10.0. The van der Waals surface area contributed by atoms with Crippen LogP contribution in [0.5, 0.6) is 0 Å². The molecule has 0 bridgehead atoms. The molecule has 0 aromatic heterocycles. The van der Waals surface area contributed by atoms with Gasteiger partial charge in [-0.3, -0.25) is 20.8 Å². The molecule has 1 amide bonds. The minimum Gasteiger partial charge on any atom is -0.381 e. The average molecular weight is 315 g/mol. The Morgan fingerprint density at radius 3 is 2.67 bits per heavy atom. The predicted octanol–water partition coefficient (Wildman–Crippen LogP) is 1.44. The van der Waals surface area contributed by atoms with E-state index in [2.05, 4.69) is 10.7 Å². The third-order valence-electron chi connectivity index (χ3n) is 3.23. The smallest absolute Gasteiger partial charge is 0.295 e. The van der Waals surface area contributed by atoms with Crippen LogP contribution < -0.4 is 16.6 Å². The predicted molar refractivity (Wildman–Crippen MR) is 77.2 cm³/mol. The lowest BCUT2D eigenvalue weighted by Crippen LogP contribution is -2.38. The number of hydrazine groups is 1. The van der Waals surface area contributed by atoms with Crippen molar-refractivity contribution in [1.29, 1.82) is 0 Å². The second kappa shape index (κ2) is 6.70. The van der Waals surface area contributed by atoms with Crippen LogP contribution >= 0.6 is 11.6 Å². The highest BCUT2D eigenvalue weighted by Crippen LogP contribution is 2.33. The summed E-state index contributed by atoms with van der Waals surface area (Å²) in [5, 5.41) is 13.8. The zero-order chi connectivity index (χ0) is 15.4. The van der Waals surface area contributed by atoms with Gasteiger partial charge in [-0.2, -0.15) is 0 Å². The van der Waals surface area contributed by atoms with Crippen molar-refractivity contribution in [2.24, 2.45) is 5.84 Å². The molecule has 0 radical (unpaired) electrons. The Hall–Kier alpha value is -1.90. The Morgan fingerprint density at radius 2 is 2.10 bits per heavy atom. The van der Waals surface area contributed by atoms with Gasteiger partial charge in [0, 0.05) is 30.9 Å². The fourth-order valence-electron chi connectivity index (χ4n) is 2.12. The van der Waals surface area contributed by atoms with Gasteiger partial charge in [0.05, 0.1) is 9.95 Å². The van der Waals surface area contributed by atoms with Gasteiger partial charge >= 0.3 is 0 Å². The number of anilines is 1.